The Morgan fingerprint density at radius 1 is 0.793 bits per heavy atom. The van der Waals surface area contributed by atoms with Crippen LogP contribution in [0.3, 0.4) is 0 Å². The maximum Gasteiger partial charge on any atom is 0.410 e. The Labute approximate surface area is 171 Å². The molecule has 1 N–H and O–H groups in total. The Balaban J connectivity index is 1.26. The van der Waals surface area contributed by atoms with E-state index < -0.39 is 6.09 Å². The smallest absolute Gasteiger partial charge is 0.410 e. The van der Waals surface area contributed by atoms with Gasteiger partial charge >= 0.3 is 12.2 Å². The van der Waals surface area contributed by atoms with Gasteiger partial charge in [0.2, 0.25) is 0 Å². The van der Waals surface area contributed by atoms with Gasteiger partial charge in [-0.2, -0.15) is 0 Å². The molecule has 1 aliphatic heterocycles. The van der Waals surface area contributed by atoms with Gasteiger partial charge in [-0.15, -0.1) is 0 Å². The number of rotatable bonds is 7. The van der Waals surface area contributed by atoms with E-state index in [4.69, 9.17) is 9.47 Å². The topological polar surface area (TPSA) is 71.1 Å². The lowest BCUT2D eigenvalue weighted by Gasteiger charge is -2.34. The first-order valence-corrected chi connectivity index (χ1v) is 9.83. The van der Waals surface area contributed by atoms with Crippen molar-refractivity contribution in [3.63, 3.8) is 0 Å². The van der Waals surface area contributed by atoms with Gasteiger partial charge in [0.15, 0.2) is 0 Å². The van der Waals surface area contributed by atoms with E-state index >= 15 is 0 Å². The number of ether oxygens (including phenoxy) is 2. The number of amides is 2. The van der Waals surface area contributed by atoms with E-state index in [2.05, 4.69) is 10.2 Å². The lowest BCUT2D eigenvalue weighted by molar-refractivity contribution is 0.0717. The van der Waals surface area contributed by atoms with Gasteiger partial charge in [-0.05, 0) is 11.1 Å². The molecule has 7 nitrogen and oxygen atoms in total. The standard InChI is InChI=1S/C22H27N3O4/c26-21(28-17-19-7-3-1-4-8-19)23-11-12-24-13-15-25(16-14-24)22(27)29-18-20-9-5-2-6-10-20/h1-10H,11-18H2,(H,23,26). The predicted molar refractivity (Wildman–Crippen MR) is 109 cm³/mol. The number of nitrogens with one attached hydrogen (secondary N) is 1. The minimum Gasteiger partial charge on any atom is -0.445 e. The summed E-state index contributed by atoms with van der Waals surface area (Å²) in [6.07, 6.45) is -0.701. The Kier molecular flexibility index (Phi) is 7.89. The van der Waals surface area contributed by atoms with Gasteiger partial charge in [-0.3, -0.25) is 4.90 Å². The highest BCUT2D eigenvalue weighted by atomic mass is 16.6. The van der Waals surface area contributed by atoms with Crippen molar-refractivity contribution in [2.24, 2.45) is 0 Å². The van der Waals surface area contributed by atoms with Crippen LogP contribution in [0.25, 0.3) is 0 Å². The third-order valence-corrected chi connectivity index (χ3v) is 4.75. The average Bonchev–Trinajstić information content (AvgIpc) is 2.78. The SMILES string of the molecule is O=C(NCCN1CCN(C(=O)OCc2ccccc2)CC1)OCc1ccccc1. The van der Waals surface area contributed by atoms with Crippen LogP contribution in [0.1, 0.15) is 11.1 Å². The summed E-state index contributed by atoms with van der Waals surface area (Å²) in [4.78, 5) is 27.9. The highest BCUT2D eigenvalue weighted by Gasteiger charge is 2.22. The average molecular weight is 397 g/mol. The van der Waals surface area contributed by atoms with Crippen molar-refractivity contribution in [3.8, 4) is 0 Å². The molecule has 1 aliphatic rings. The van der Waals surface area contributed by atoms with Crippen LogP contribution in [0.15, 0.2) is 60.7 Å². The van der Waals surface area contributed by atoms with Crippen LogP contribution in [0.2, 0.25) is 0 Å². The van der Waals surface area contributed by atoms with Crippen LogP contribution < -0.4 is 5.32 Å². The minimum absolute atomic E-state index is 0.260. The third-order valence-electron chi connectivity index (χ3n) is 4.75. The summed E-state index contributed by atoms with van der Waals surface area (Å²) >= 11 is 0. The molecular formula is C22H27N3O4. The Morgan fingerprint density at radius 3 is 1.93 bits per heavy atom. The number of hydrogen-bond donors (Lipinski definition) is 1. The molecule has 1 saturated heterocycles. The lowest BCUT2D eigenvalue weighted by atomic mass is 10.2. The zero-order chi connectivity index (χ0) is 20.3. The predicted octanol–water partition coefficient (Wildman–Crippen LogP) is 2.87. The molecule has 3 rings (SSSR count). The molecule has 0 atom stereocenters. The zero-order valence-corrected chi connectivity index (χ0v) is 16.5. The number of carbonyl (C=O) groups excluding carboxylic acids is 2. The van der Waals surface area contributed by atoms with E-state index in [9.17, 15) is 9.59 Å². The van der Waals surface area contributed by atoms with E-state index in [1.807, 2.05) is 60.7 Å². The monoisotopic (exact) mass is 397 g/mol. The molecule has 0 spiro atoms. The summed E-state index contributed by atoms with van der Waals surface area (Å²) in [6.45, 7) is 4.51. The summed E-state index contributed by atoms with van der Waals surface area (Å²) in [6, 6.07) is 19.2. The third kappa shape index (κ3) is 7.12. The van der Waals surface area contributed by atoms with Gasteiger partial charge in [0.05, 0.1) is 0 Å². The summed E-state index contributed by atoms with van der Waals surface area (Å²) < 4.78 is 10.6. The molecule has 29 heavy (non-hydrogen) atoms. The second kappa shape index (κ2) is 11.1. The Bertz CT molecular complexity index is 759. The fourth-order valence-electron chi connectivity index (χ4n) is 3.05. The van der Waals surface area contributed by atoms with Crippen LogP contribution in [0, 0.1) is 0 Å². The summed E-state index contributed by atoms with van der Waals surface area (Å²) in [5.41, 5.74) is 1.93. The highest BCUT2D eigenvalue weighted by molar-refractivity contribution is 5.68. The molecule has 2 amide bonds. The molecule has 2 aromatic rings. The normalized spacial score (nSPS) is 14.3. The van der Waals surface area contributed by atoms with Gasteiger partial charge in [0.1, 0.15) is 13.2 Å². The first kappa shape index (κ1) is 20.7. The van der Waals surface area contributed by atoms with Crippen molar-refractivity contribution in [1.29, 1.82) is 0 Å². The van der Waals surface area contributed by atoms with Gasteiger partial charge in [-0.25, -0.2) is 9.59 Å². The molecule has 0 bridgehead atoms. The number of carbonyl (C=O) groups is 2. The molecule has 2 aromatic carbocycles. The summed E-state index contributed by atoms with van der Waals surface area (Å²) in [5, 5.41) is 2.76. The molecule has 0 saturated carbocycles. The minimum atomic E-state index is -0.419. The van der Waals surface area contributed by atoms with E-state index in [1.54, 1.807) is 4.90 Å². The van der Waals surface area contributed by atoms with Gasteiger partial charge < -0.3 is 19.7 Å². The van der Waals surface area contributed by atoms with Crippen LogP contribution in [0.5, 0.6) is 0 Å². The van der Waals surface area contributed by atoms with E-state index in [0.717, 1.165) is 24.2 Å². The van der Waals surface area contributed by atoms with E-state index in [-0.39, 0.29) is 19.3 Å². The van der Waals surface area contributed by atoms with Crippen molar-refractivity contribution in [2.75, 3.05) is 39.3 Å². The Hall–Kier alpha value is -3.06. The lowest BCUT2D eigenvalue weighted by Crippen LogP contribution is -2.50. The largest absolute Gasteiger partial charge is 0.445 e. The Morgan fingerprint density at radius 2 is 1.34 bits per heavy atom. The van der Waals surface area contributed by atoms with Crippen LogP contribution in [-0.2, 0) is 22.7 Å². The molecule has 0 radical (unpaired) electrons. The maximum absolute atomic E-state index is 12.2. The molecule has 0 unspecified atom stereocenters. The zero-order valence-electron chi connectivity index (χ0n) is 16.5. The molecule has 0 aliphatic carbocycles. The van der Waals surface area contributed by atoms with Gasteiger partial charge in [0.25, 0.3) is 0 Å². The first-order chi connectivity index (χ1) is 14.2. The number of hydrogen-bond acceptors (Lipinski definition) is 5. The van der Waals surface area contributed by atoms with Crippen molar-refractivity contribution in [1.82, 2.24) is 15.1 Å². The second-order valence-corrected chi connectivity index (χ2v) is 6.86. The molecule has 0 aromatic heterocycles. The molecule has 1 heterocycles. The fraction of sp³-hybridized carbons (Fsp3) is 0.364. The van der Waals surface area contributed by atoms with Crippen molar-refractivity contribution < 1.29 is 19.1 Å². The second-order valence-electron chi connectivity index (χ2n) is 6.86. The van der Waals surface area contributed by atoms with Crippen molar-refractivity contribution in [3.05, 3.63) is 71.8 Å². The summed E-state index contributed by atoms with van der Waals surface area (Å²) in [7, 11) is 0. The first-order valence-electron chi connectivity index (χ1n) is 9.83. The molecule has 7 heteroatoms. The van der Waals surface area contributed by atoms with Crippen molar-refractivity contribution in [2.45, 2.75) is 13.2 Å². The molecule has 154 valence electrons. The van der Waals surface area contributed by atoms with Crippen LogP contribution >= 0.6 is 0 Å². The highest BCUT2D eigenvalue weighted by Crippen LogP contribution is 2.07. The maximum atomic E-state index is 12.2. The van der Waals surface area contributed by atoms with E-state index in [0.29, 0.717) is 26.2 Å². The fourth-order valence-corrected chi connectivity index (χ4v) is 3.05. The quantitative estimate of drug-likeness (QED) is 0.778. The van der Waals surface area contributed by atoms with Crippen molar-refractivity contribution >= 4 is 12.2 Å². The number of nitrogens with zero attached hydrogens (tertiary/aromatic N) is 2. The molecule has 1 fully saturated rings. The summed E-state index contributed by atoms with van der Waals surface area (Å²) in [5.74, 6) is 0. The van der Waals surface area contributed by atoms with Crippen LogP contribution in [-0.4, -0.2) is 61.3 Å². The number of alkyl carbamates (subject to hydrolysis) is 1. The van der Waals surface area contributed by atoms with Gasteiger partial charge in [0, 0.05) is 39.3 Å². The van der Waals surface area contributed by atoms with Crippen LogP contribution in [0.4, 0.5) is 9.59 Å². The molecular weight excluding hydrogens is 370 g/mol. The van der Waals surface area contributed by atoms with E-state index in [1.165, 1.54) is 0 Å². The number of benzene rings is 2. The van der Waals surface area contributed by atoms with Gasteiger partial charge in [-0.1, -0.05) is 60.7 Å². The number of piperazine rings is 1.